The molecule has 1 aliphatic heterocycles. The van der Waals surface area contributed by atoms with E-state index in [1.165, 1.54) is 11.8 Å². The van der Waals surface area contributed by atoms with E-state index in [9.17, 15) is 9.59 Å². The van der Waals surface area contributed by atoms with E-state index >= 15 is 0 Å². The molecule has 0 saturated carbocycles. The summed E-state index contributed by atoms with van der Waals surface area (Å²) in [5.41, 5.74) is 2.46. The largest absolute Gasteiger partial charge is 0.311 e. The number of aromatic nitrogens is 2. The van der Waals surface area contributed by atoms with Crippen LogP contribution in [0.2, 0.25) is 0 Å². The first-order valence-electron chi connectivity index (χ1n) is 8.94. The molecule has 0 fully saturated rings. The zero-order chi connectivity index (χ0) is 19.7. The normalized spacial score (nSPS) is 15.6. The van der Waals surface area contributed by atoms with Crippen LogP contribution in [-0.4, -0.2) is 27.9 Å². The molecule has 6 nitrogen and oxygen atoms in total. The average Bonchev–Trinajstić information content (AvgIpc) is 3.03. The van der Waals surface area contributed by atoms with Crippen molar-refractivity contribution >= 4 is 35.2 Å². The Balaban J connectivity index is 1.75. The van der Waals surface area contributed by atoms with E-state index in [0.717, 1.165) is 16.0 Å². The Bertz CT molecular complexity index is 1050. The number of hydrogen-bond donors (Lipinski definition) is 2. The van der Waals surface area contributed by atoms with Gasteiger partial charge in [0, 0.05) is 29.8 Å². The molecule has 0 bridgehead atoms. The van der Waals surface area contributed by atoms with E-state index in [1.54, 1.807) is 17.8 Å². The highest BCUT2D eigenvalue weighted by atomic mass is 32.2. The van der Waals surface area contributed by atoms with Crippen molar-refractivity contribution in [3.05, 3.63) is 71.3 Å². The van der Waals surface area contributed by atoms with Crippen LogP contribution in [0, 0.1) is 0 Å². The summed E-state index contributed by atoms with van der Waals surface area (Å²) in [7, 11) is 1.76. The molecule has 4 rings (SSSR count). The monoisotopic (exact) mass is 392 g/mol. The van der Waals surface area contributed by atoms with E-state index in [-0.39, 0.29) is 17.7 Å². The van der Waals surface area contributed by atoms with Gasteiger partial charge in [-0.1, -0.05) is 42.5 Å². The van der Waals surface area contributed by atoms with E-state index in [0.29, 0.717) is 23.6 Å². The lowest BCUT2D eigenvalue weighted by atomic mass is 9.86. The first kappa shape index (κ1) is 18.3. The van der Waals surface area contributed by atoms with Crippen LogP contribution < -0.4 is 10.6 Å². The highest BCUT2D eigenvalue weighted by Crippen LogP contribution is 2.41. The molecule has 28 heavy (non-hydrogen) atoms. The summed E-state index contributed by atoms with van der Waals surface area (Å²) in [6.45, 7) is 0. The molecule has 2 amide bonds. The van der Waals surface area contributed by atoms with Crippen molar-refractivity contribution in [2.75, 3.05) is 16.9 Å². The van der Waals surface area contributed by atoms with E-state index in [1.807, 2.05) is 54.8 Å². The Hall–Kier alpha value is -3.06. The van der Waals surface area contributed by atoms with Crippen LogP contribution in [0.3, 0.4) is 0 Å². The van der Waals surface area contributed by atoms with Gasteiger partial charge in [-0.25, -0.2) is 0 Å². The molecule has 0 unspecified atom stereocenters. The number of amides is 2. The number of carbonyl (C=O) groups excluding carboxylic acids is 2. The lowest BCUT2D eigenvalue weighted by molar-refractivity contribution is -0.116. The Labute approximate surface area is 167 Å². The SMILES string of the molecule is CSc1ccccc1C(=O)Nc1nn(C)c2c1[C@H](c1ccccc1)CC(=O)N2. The smallest absolute Gasteiger partial charge is 0.258 e. The summed E-state index contributed by atoms with van der Waals surface area (Å²) >= 11 is 1.52. The summed E-state index contributed by atoms with van der Waals surface area (Å²) in [4.78, 5) is 26.1. The minimum atomic E-state index is -0.213. The average molecular weight is 392 g/mol. The van der Waals surface area contributed by atoms with Crippen molar-refractivity contribution in [3.8, 4) is 0 Å². The topological polar surface area (TPSA) is 76.0 Å². The van der Waals surface area contributed by atoms with Crippen molar-refractivity contribution < 1.29 is 9.59 Å². The number of aryl methyl sites for hydroxylation is 1. The minimum Gasteiger partial charge on any atom is -0.311 e. The van der Waals surface area contributed by atoms with E-state index in [4.69, 9.17) is 0 Å². The van der Waals surface area contributed by atoms with Crippen molar-refractivity contribution in [1.82, 2.24) is 9.78 Å². The number of nitrogens with one attached hydrogen (secondary N) is 2. The molecular weight excluding hydrogens is 372 g/mol. The molecule has 0 aliphatic carbocycles. The zero-order valence-electron chi connectivity index (χ0n) is 15.6. The van der Waals surface area contributed by atoms with Crippen LogP contribution in [-0.2, 0) is 11.8 Å². The van der Waals surface area contributed by atoms with Crippen molar-refractivity contribution in [1.29, 1.82) is 0 Å². The Morgan fingerprint density at radius 3 is 2.64 bits per heavy atom. The van der Waals surface area contributed by atoms with Gasteiger partial charge in [0.15, 0.2) is 5.82 Å². The number of nitrogens with zero attached hydrogens (tertiary/aromatic N) is 2. The van der Waals surface area contributed by atoms with Crippen molar-refractivity contribution in [2.24, 2.45) is 7.05 Å². The van der Waals surface area contributed by atoms with Crippen LogP contribution in [0.5, 0.6) is 0 Å². The third kappa shape index (κ3) is 3.29. The maximum Gasteiger partial charge on any atom is 0.258 e. The van der Waals surface area contributed by atoms with Gasteiger partial charge >= 0.3 is 0 Å². The molecule has 1 aromatic heterocycles. The highest BCUT2D eigenvalue weighted by molar-refractivity contribution is 7.98. The summed E-state index contributed by atoms with van der Waals surface area (Å²) in [6, 6.07) is 17.3. The lowest BCUT2D eigenvalue weighted by Crippen LogP contribution is -2.25. The molecule has 0 saturated heterocycles. The summed E-state index contributed by atoms with van der Waals surface area (Å²) < 4.78 is 1.61. The van der Waals surface area contributed by atoms with Gasteiger partial charge in [-0.15, -0.1) is 11.8 Å². The van der Waals surface area contributed by atoms with Gasteiger partial charge in [0.2, 0.25) is 5.91 Å². The first-order valence-corrected chi connectivity index (χ1v) is 10.2. The maximum absolute atomic E-state index is 12.9. The predicted octanol–water partition coefficient (Wildman–Crippen LogP) is 3.87. The number of anilines is 2. The molecule has 0 spiro atoms. The predicted molar refractivity (Wildman–Crippen MR) is 111 cm³/mol. The third-order valence-corrected chi connectivity index (χ3v) is 5.66. The third-order valence-electron chi connectivity index (χ3n) is 4.87. The van der Waals surface area contributed by atoms with E-state index in [2.05, 4.69) is 15.7 Å². The van der Waals surface area contributed by atoms with Gasteiger partial charge in [0.05, 0.1) is 5.56 Å². The van der Waals surface area contributed by atoms with Gasteiger partial charge in [0.1, 0.15) is 5.82 Å². The summed E-state index contributed by atoms with van der Waals surface area (Å²) in [5, 5.41) is 10.3. The van der Waals surface area contributed by atoms with Crippen LogP contribution in [0.4, 0.5) is 11.6 Å². The molecule has 7 heteroatoms. The van der Waals surface area contributed by atoms with Crippen LogP contribution >= 0.6 is 11.8 Å². The number of hydrogen-bond acceptors (Lipinski definition) is 4. The second-order valence-corrected chi connectivity index (χ2v) is 7.45. The molecule has 1 atom stereocenters. The fraction of sp³-hybridized carbons (Fsp3) is 0.190. The quantitative estimate of drug-likeness (QED) is 0.661. The molecule has 1 aliphatic rings. The number of benzene rings is 2. The Morgan fingerprint density at radius 2 is 1.89 bits per heavy atom. The number of carbonyl (C=O) groups is 2. The molecule has 2 heterocycles. The molecule has 2 N–H and O–H groups in total. The summed E-state index contributed by atoms with van der Waals surface area (Å²) in [5.74, 6) is 0.667. The Morgan fingerprint density at radius 1 is 1.18 bits per heavy atom. The lowest BCUT2D eigenvalue weighted by Gasteiger charge is -2.24. The highest BCUT2D eigenvalue weighted by Gasteiger charge is 2.33. The van der Waals surface area contributed by atoms with E-state index < -0.39 is 0 Å². The van der Waals surface area contributed by atoms with Crippen LogP contribution in [0.1, 0.15) is 33.8 Å². The Kier molecular flexibility index (Phi) is 4.92. The van der Waals surface area contributed by atoms with Crippen molar-refractivity contribution in [3.63, 3.8) is 0 Å². The fourth-order valence-electron chi connectivity index (χ4n) is 3.56. The number of thioether (sulfide) groups is 1. The van der Waals surface area contributed by atoms with Gasteiger partial charge in [0.25, 0.3) is 5.91 Å². The van der Waals surface area contributed by atoms with Gasteiger partial charge in [-0.3, -0.25) is 14.3 Å². The van der Waals surface area contributed by atoms with Crippen molar-refractivity contribution in [2.45, 2.75) is 17.2 Å². The van der Waals surface area contributed by atoms with Gasteiger partial charge < -0.3 is 10.6 Å². The van der Waals surface area contributed by atoms with Gasteiger partial charge in [-0.2, -0.15) is 5.10 Å². The number of rotatable bonds is 4. The maximum atomic E-state index is 12.9. The first-order chi connectivity index (χ1) is 13.6. The second kappa shape index (κ2) is 7.52. The molecule has 0 radical (unpaired) electrons. The molecule has 3 aromatic rings. The number of fused-ring (bicyclic) bond motifs is 1. The standard InChI is InChI=1S/C21H20N4O2S/c1-25-20-18(15(12-17(26)22-20)13-8-4-3-5-9-13)19(24-25)23-21(27)14-10-6-7-11-16(14)28-2/h3-11,15H,12H2,1-2H3,(H,22,26)(H,23,24,27)/t15-/m0/s1. The van der Waals surface area contributed by atoms with Crippen LogP contribution in [0.25, 0.3) is 0 Å². The molecular formula is C21H20N4O2S. The second-order valence-electron chi connectivity index (χ2n) is 6.60. The van der Waals surface area contributed by atoms with Gasteiger partial charge in [-0.05, 0) is 24.0 Å². The molecule has 142 valence electrons. The zero-order valence-corrected chi connectivity index (χ0v) is 16.4. The summed E-state index contributed by atoms with van der Waals surface area (Å²) in [6.07, 6.45) is 2.25. The molecule has 2 aromatic carbocycles. The fourth-order valence-corrected chi connectivity index (χ4v) is 4.15. The minimum absolute atomic E-state index is 0.0602. The van der Waals surface area contributed by atoms with Crippen LogP contribution in [0.15, 0.2) is 59.5 Å².